The van der Waals surface area contributed by atoms with Crippen LogP contribution in [0, 0.1) is 0 Å². The van der Waals surface area contributed by atoms with Crippen LogP contribution >= 0.6 is 11.6 Å². The summed E-state index contributed by atoms with van der Waals surface area (Å²) < 4.78 is 5.31. The molecule has 0 aliphatic rings. The number of ether oxygens (including phenoxy) is 1. The fourth-order valence-corrected chi connectivity index (χ4v) is 1.97. The lowest BCUT2D eigenvalue weighted by molar-refractivity contribution is -0.119. The zero-order valence-electron chi connectivity index (χ0n) is 11.3. The van der Waals surface area contributed by atoms with Gasteiger partial charge in [-0.05, 0) is 29.8 Å². The molecule has 20 heavy (non-hydrogen) atoms. The van der Waals surface area contributed by atoms with Crippen molar-refractivity contribution in [3.63, 3.8) is 0 Å². The fraction of sp³-hybridized carbons (Fsp3) is 0.200. The first-order valence-electron chi connectivity index (χ1n) is 6.13. The molecule has 0 aliphatic carbocycles. The van der Waals surface area contributed by atoms with Gasteiger partial charge in [0.05, 0.1) is 12.8 Å². The average molecular weight is 291 g/mol. The molecule has 1 aromatic heterocycles. The van der Waals surface area contributed by atoms with Crippen LogP contribution in [0.4, 0.5) is 0 Å². The van der Waals surface area contributed by atoms with Crippen molar-refractivity contribution in [2.24, 2.45) is 0 Å². The maximum Gasteiger partial charge on any atom is 0.217 e. The summed E-state index contributed by atoms with van der Waals surface area (Å²) in [5.41, 5.74) is 2.55. The summed E-state index contributed by atoms with van der Waals surface area (Å²) in [4.78, 5) is 15.3. The minimum Gasteiger partial charge on any atom is -0.496 e. The van der Waals surface area contributed by atoms with Gasteiger partial charge in [-0.2, -0.15) is 0 Å². The smallest absolute Gasteiger partial charge is 0.217 e. The molecule has 0 spiro atoms. The van der Waals surface area contributed by atoms with E-state index in [1.807, 2.05) is 24.3 Å². The highest BCUT2D eigenvalue weighted by Crippen LogP contribution is 2.31. The molecule has 1 N–H and O–H groups in total. The summed E-state index contributed by atoms with van der Waals surface area (Å²) in [7, 11) is 1.61. The summed E-state index contributed by atoms with van der Waals surface area (Å²) in [6.45, 7) is 1.95. The van der Waals surface area contributed by atoms with Crippen LogP contribution in [0.3, 0.4) is 0 Å². The van der Waals surface area contributed by atoms with E-state index in [2.05, 4.69) is 10.3 Å². The van der Waals surface area contributed by atoms with Crippen LogP contribution in [0.25, 0.3) is 11.3 Å². The Labute approximate surface area is 122 Å². The summed E-state index contributed by atoms with van der Waals surface area (Å²) >= 11 is 6.01. The van der Waals surface area contributed by atoms with E-state index in [-0.39, 0.29) is 5.91 Å². The number of nitrogens with zero attached hydrogens (tertiary/aromatic N) is 1. The Hall–Kier alpha value is -2.07. The van der Waals surface area contributed by atoms with Gasteiger partial charge in [-0.3, -0.25) is 9.78 Å². The lowest BCUT2D eigenvalue weighted by Crippen LogP contribution is -2.18. The first kappa shape index (κ1) is 14.3. The number of rotatable bonds is 4. The number of pyridine rings is 1. The Morgan fingerprint density at radius 1 is 1.35 bits per heavy atom. The predicted octanol–water partition coefficient (Wildman–Crippen LogP) is 3.05. The number of amides is 1. The lowest BCUT2D eigenvalue weighted by atomic mass is 10.1. The number of aromatic nitrogens is 1. The Kier molecular flexibility index (Phi) is 4.58. The Morgan fingerprint density at radius 2 is 2.15 bits per heavy atom. The molecule has 4 nitrogen and oxygen atoms in total. The second kappa shape index (κ2) is 6.39. The Balaban J connectivity index is 2.25. The third-order valence-corrected chi connectivity index (χ3v) is 3.04. The molecule has 0 saturated carbocycles. The van der Waals surface area contributed by atoms with E-state index >= 15 is 0 Å². The zero-order chi connectivity index (χ0) is 14.5. The fourth-order valence-electron chi connectivity index (χ4n) is 1.80. The van der Waals surface area contributed by atoms with Crippen molar-refractivity contribution in [3.05, 3.63) is 47.1 Å². The molecule has 5 heteroatoms. The van der Waals surface area contributed by atoms with Crippen molar-refractivity contribution in [1.29, 1.82) is 0 Å². The summed E-state index contributed by atoms with van der Waals surface area (Å²) in [6.07, 6.45) is 1.73. The van der Waals surface area contributed by atoms with Crippen LogP contribution in [-0.2, 0) is 11.3 Å². The summed E-state index contributed by atoms with van der Waals surface area (Å²) in [6, 6.07) is 9.19. The number of carbonyl (C=O) groups excluding carboxylic acids is 1. The highest BCUT2D eigenvalue weighted by Gasteiger charge is 2.08. The van der Waals surface area contributed by atoms with Gasteiger partial charge in [-0.25, -0.2) is 0 Å². The number of carbonyl (C=O) groups is 1. The van der Waals surface area contributed by atoms with Crippen LogP contribution in [-0.4, -0.2) is 18.0 Å². The molecular formula is C15H15ClN2O2. The Bertz CT molecular complexity index is 612. The van der Waals surface area contributed by atoms with Crippen LogP contribution in [0.5, 0.6) is 5.75 Å². The van der Waals surface area contributed by atoms with Crippen molar-refractivity contribution in [2.45, 2.75) is 13.5 Å². The topological polar surface area (TPSA) is 51.2 Å². The van der Waals surface area contributed by atoms with Gasteiger partial charge >= 0.3 is 0 Å². The monoisotopic (exact) mass is 290 g/mol. The molecule has 2 rings (SSSR count). The maximum absolute atomic E-state index is 10.9. The molecule has 0 unspecified atom stereocenters. The molecule has 0 atom stereocenters. The zero-order valence-corrected chi connectivity index (χ0v) is 12.1. The molecule has 1 amide bonds. The second-order valence-electron chi connectivity index (χ2n) is 4.31. The van der Waals surface area contributed by atoms with Crippen LogP contribution in [0.1, 0.15) is 12.5 Å². The van der Waals surface area contributed by atoms with Crippen molar-refractivity contribution in [1.82, 2.24) is 10.3 Å². The van der Waals surface area contributed by atoms with Crippen molar-refractivity contribution in [2.75, 3.05) is 7.11 Å². The van der Waals surface area contributed by atoms with E-state index in [0.29, 0.717) is 11.6 Å². The number of benzene rings is 1. The predicted molar refractivity (Wildman–Crippen MR) is 78.8 cm³/mol. The van der Waals surface area contributed by atoms with Crippen LogP contribution < -0.4 is 10.1 Å². The maximum atomic E-state index is 10.9. The second-order valence-corrected chi connectivity index (χ2v) is 4.74. The van der Waals surface area contributed by atoms with E-state index in [1.54, 1.807) is 19.4 Å². The van der Waals surface area contributed by atoms with Gasteiger partial charge in [0.15, 0.2) is 0 Å². The highest BCUT2D eigenvalue weighted by atomic mass is 35.5. The van der Waals surface area contributed by atoms with Gasteiger partial charge in [0.2, 0.25) is 5.91 Å². The van der Waals surface area contributed by atoms with Crippen LogP contribution in [0.2, 0.25) is 5.02 Å². The van der Waals surface area contributed by atoms with Gasteiger partial charge in [-0.15, -0.1) is 0 Å². The van der Waals surface area contributed by atoms with E-state index < -0.39 is 0 Å². The number of nitrogens with one attached hydrogen (secondary N) is 1. The van der Waals surface area contributed by atoms with Gasteiger partial charge in [0.1, 0.15) is 5.75 Å². The van der Waals surface area contributed by atoms with E-state index in [4.69, 9.17) is 16.3 Å². The average Bonchev–Trinajstić information content (AvgIpc) is 2.45. The minimum atomic E-state index is -0.0643. The number of hydrogen-bond acceptors (Lipinski definition) is 3. The van der Waals surface area contributed by atoms with Crippen molar-refractivity contribution < 1.29 is 9.53 Å². The van der Waals surface area contributed by atoms with Crippen molar-refractivity contribution in [3.8, 4) is 17.0 Å². The van der Waals surface area contributed by atoms with Gasteiger partial charge in [0, 0.05) is 30.3 Å². The number of methoxy groups -OCH3 is 1. The lowest BCUT2D eigenvalue weighted by Gasteiger charge is -2.09. The molecule has 0 saturated heterocycles. The third kappa shape index (κ3) is 3.48. The van der Waals surface area contributed by atoms with Crippen LogP contribution in [0.15, 0.2) is 36.5 Å². The van der Waals surface area contributed by atoms with E-state index in [1.165, 1.54) is 6.92 Å². The van der Waals surface area contributed by atoms with E-state index in [0.717, 1.165) is 22.6 Å². The minimum absolute atomic E-state index is 0.0643. The molecule has 104 valence electrons. The molecule has 0 fully saturated rings. The largest absolute Gasteiger partial charge is 0.496 e. The van der Waals surface area contributed by atoms with E-state index in [9.17, 15) is 4.79 Å². The molecule has 0 aliphatic heterocycles. The van der Waals surface area contributed by atoms with Gasteiger partial charge in [-0.1, -0.05) is 17.7 Å². The third-order valence-electron chi connectivity index (χ3n) is 2.80. The quantitative estimate of drug-likeness (QED) is 0.941. The first-order chi connectivity index (χ1) is 9.60. The van der Waals surface area contributed by atoms with Gasteiger partial charge < -0.3 is 10.1 Å². The molecule has 0 radical (unpaired) electrons. The molecule has 1 aromatic carbocycles. The SMILES string of the molecule is COc1ccc(Cl)cc1-c1ccc(CNC(C)=O)cn1. The normalized spacial score (nSPS) is 10.2. The standard InChI is InChI=1S/C15H15ClN2O2/c1-10(19)17-8-11-3-5-14(18-9-11)13-7-12(16)4-6-15(13)20-2/h3-7,9H,8H2,1-2H3,(H,17,19). The summed E-state index contributed by atoms with van der Waals surface area (Å²) in [5.74, 6) is 0.655. The molecule has 2 aromatic rings. The summed E-state index contributed by atoms with van der Waals surface area (Å²) in [5, 5.41) is 3.36. The highest BCUT2D eigenvalue weighted by molar-refractivity contribution is 6.30. The van der Waals surface area contributed by atoms with Gasteiger partial charge in [0.25, 0.3) is 0 Å². The number of halogens is 1. The Morgan fingerprint density at radius 3 is 2.75 bits per heavy atom. The number of hydrogen-bond donors (Lipinski definition) is 1. The molecular weight excluding hydrogens is 276 g/mol. The van der Waals surface area contributed by atoms with Crippen molar-refractivity contribution >= 4 is 17.5 Å². The molecule has 0 bridgehead atoms. The molecule has 1 heterocycles. The first-order valence-corrected chi connectivity index (χ1v) is 6.51.